The number of para-hydroxylation sites is 1. The molecule has 2 rings (SSSR count). The summed E-state index contributed by atoms with van der Waals surface area (Å²) in [5.74, 6) is 0.548. The van der Waals surface area contributed by atoms with Crippen LogP contribution in [0.5, 0.6) is 0 Å². The second kappa shape index (κ2) is 5.76. The molecule has 0 aliphatic heterocycles. The fraction of sp³-hybridized carbons (Fsp3) is 0.375. The Balaban J connectivity index is 2.11. The van der Waals surface area contributed by atoms with Crippen LogP contribution in [0.1, 0.15) is 37.9 Å². The summed E-state index contributed by atoms with van der Waals surface area (Å²) < 4.78 is 2.27. The Labute approximate surface area is 110 Å². The van der Waals surface area contributed by atoms with Crippen LogP contribution < -0.4 is 5.32 Å². The van der Waals surface area contributed by atoms with E-state index in [-0.39, 0.29) is 0 Å². The third kappa shape index (κ3) is 2.76. The molecule has 0 amide bonds. The zero-order valence-corrected chi connectivity index (χ0v) is 11.5. The fourth-order valence-electron chi connectivity index (χ4n) is 2.27. The number of aryl methyl sites for hydroxylation is 1. The van der Waals surface area contributed by atoms with Crippen molar-refractivity contribution in [1.29, 1.82) is 0 Å². The van der Waals surface area contributed by atoms with E-state index in [1.807, 2.05) is 0 Å². The lowest BCUT2D eigenvalue weighted by molar-refractivity contribution is 0.723. The van der Waals surface area contributed by atoms with Crippen molar-refractivity contribution in [3.8, 4) is 0 Å². The highest BCUT2D eigenvalue weighted by molar-refractivity contribution is 5.52. The van der Waals surface area contributed by atoms with Gasteiger partial charge in [-0.3, -0.25) is 0 Å². The normalized spacial score (nSPS) is 10.9. The van der Waals surface area contributed by atoms with Crippen LogP contribution in [0.25, 0.3) is 0 Å². The van der Waals surface area contributed by atoms with E-state index < -0.39 is 0 Å². The molecule has 1 heterocycles. The number of benzene rings is 1. The molecule has 96 valence electrons. The maximum atomic E-state index is 3.55. The van der Waals surface area contributed by atoms with Gasteiger partial charge in [-0.25, -0.2) is 0 Å². The Morgan fingerprint density at radius 3 is 2.61 bits per heavy atom. The van der Waals surface area contributed by atoms with E-state index in [0.29, 0.717) is 5.92 Å². The van der Waals surface area contributed by atoms with Crippen molar-refractivity contribution in [1.82, 2.24) is 4.57 Å². The molecule has 0 unspecified atom stereocenters. The molecule has 2 nitrogen and oxygen atoms in total. The van der Waals surface area contributed by atoms with Gasteiger partial charge in [0.25, 0.3) is 0 Å². The van der Waals surface area contributed by atoms with Gasteiger partial charge in [-0.05, 0) is 36.6 Å². The Kier molecular flexibility index (Phi) is 4.08. The summed E-state index contributed by atoms with van der Waals surface area (Å²) in [4.78, 5) is 0. The lowest BCUT2D eigenvalue weighted by atomic mass is 10.0. The summed E-state index contributed by atoms with van der Waals surface area (Å²) in [6.07, 6.45) is 2.13. The van der Waals surface area contributed by atoms with E-state index in [2.05, 4.69) is 73.3 Å². The molecule has 0 bridgehead atoms. The van der Waals surface area contributed by atoms with Gasteiger partial charge in [0.2, 0.25) is 0 Å². The molecule has 0 spiro atoms. The predicted molar refractivity (Wildman–Crippen MR) is 78.0 cm³/mol. The zero-order valence-electron chi connectivity index (χ0n) is 11.5. The molecule has 0 atom stereocenters. The van der Waals surface area contributed by atoms with Crippen LogP contribution in [0, 0.1) is 0 Å². The summed E-state index contributed by atoms with van der Waals surface area (Å²) in [5, 5.41) is 3.55. The zero-order chi connectivity index (χ0) is 13.0. The molecule has 1 aromatic carbocycles. The van der Waals surface area contributed by atoms with Crippen LogP contribution in [0.3, 0.4) is 0 Å². The van der Waals surface area contributed by atoms with Gasteiger partial charge in [-0.2, -0.15) is 0 Å². The van der Waals surface area contributed by atoms with E-state index in [1.165, 1.54) is 16.9 Å². The highest BCUT2D eigenvalue weighted by Gasteiger charge is 2.06. The number of aromatic nitrogens is 1. The first kappa shape index (κ1) is 12.7. The van der Waals surface area contributed by atoms with Gasteiger partial charge in [0, 0.05) is 24.1 Å². The van der Waals surface area contributed by atoms with Crippen LogP contribution in [0.4, 0.5) is 5.69 Å². The average Bonchev–Trinajstić information content (AvgIpc) is 2.84. The van der Waals surface area contributed by atoms with Crippen LogP contribution in [0.2, 0.25) is 0 Å². The monoisotopic (exact) mass is 242 g/mol. The third-order valence-electron chi connectivity index (χ3n) is 3.31. The number of nitrogens with zero attached hydrogens (tertiary/aromatic N) is 1. The SMILES string of the molecule is CCn1cccc1CNc1ccccc1C(C)C. The van der Waals surface area contributed by atoms with Crippen molar-refractivity contribution in [2.45, 2.75) is 39.8 Å². The molecular weight excluding hydrogens is 220 g/mol. The first-order valence-corrected chi connectivity index (χ1v) is 6.69. The minimum atomic E-state index is 0.548. The molecule has 18 heavy (non-hydrogen) atoms. The molecule has 0 saturated heterocycles. The third-order valence-corrected chi connectivity index (χ3v) is 3.31. The number of rotatable bonds is 5. The van der Waals surface area contributed by atoms with Crippen LogP contribution in [-0.4, -0.2) is 4.57 Å². The van der Waals surface area contributed by atoms with E-state index in [0.717, 1.165) is 13.1 Å². The lowest BCUT2D eigenvalue weighted by Gasteiger charge is -2.15. The molecular formula is C16H22N2. The van der Waals surface area contributed by atoms with Gasteiger partial charge in [0.1, 0.15) is 0 Å². The Hall–Kier alpha value is -1.70. The second-order valence-electron chi connectivity index (χ2n) is 4.88. The van der Waals surface area contributed by atoms with Crippen molar-refractivity contribution in [3.63, 3.8) is 0 Å². The largest absolute Gasteiger partial charge is 0.379 e. The molecule has 0 saturated carbocycles. The quantitative estimate of drug-likeness (QED) is 0.829. The molecule has 2 aromatic rings. The molecule has 0 aliphatic carbocycles. The first-order valence-electron chi connectivity index (χ1n) is 6.69. The highest BCUT2D eigenvalue weighted by Crippen LogP contribution is 2.24. The smallest absolute Gasteiger partial charge is 0.0553 e. The van der Waals surface area contributed by atoms with Gasteiger partial charge in [0.15, 0.2) is 0 Å². The molecule has 0 fully saturated rings. The van der Waals surface area contributed by atoms with Gasteiger partial charge < -0.3 is 9.88 Å². The van der Waals surface area contributed by atoms with Crippen LogP contribution >= 0.6 is 0 Å². The van der Waals surface area contributed by atoms with Crippen molar-refractivity contribution >= 4 is 5.69 Å². The Morgan fingerprint density at radius 2 is 1.89 bits per heavy atom. The van der Waals surface area contributed by atoms with Crippen LogP contribution in [0.15, 0.2) is 42.6 Å². The summed E-state index contributed by atoms with van der Waals surface area (Å²) in [6, 6.07) is 12.8. The van der Waals surface area contributed by atoms with Crippen LogP contribution in [-0.2, 0) is 13.1 Å². The second-order valence-corrected chi connectivity index (χ2v) is 4.88. The van der Waals surface area contributed by atoms with Crippen molar-refractivity contribution in [3.05, 3.63) is 53.9 Å². The number of nitrogens with one attached hydrogen (secondary N) is 1. The number of hydrogen-bond acceptors (Lipinski definition) is 1. The maximum absolute atomic E-state index is 3.55. The Morgan fingerprint density at radius 1 is 1.11 bits per heavy atom. The minimum absolute atomic E-state index is 0.548. The fourth-order valence-corrected chi connectivity index (χ4v) is 2.27. The molecule has 0 radical (unpaired) electrons. The van der Waals surface area contributed by atoms with E-state index in [4.69, 9.17) is 0 Å². The predicted octanol–water partition coefficient (Wildman–Crippen LogP) is 4.24. The molecule has 2 heteroatoms. The Bertz CT molecular complexity index is 497. The molecule has 0 aliphatic rings. The van der Waals surface area contributed by atoms with Crippen molar-refractivity contribution < 1.29 is 0 Å². The maximum Gasteiger partial charge on any atom is 0.0553 e. The summed E-state index contributed by atoms with van der Waals surface area (Å²) in [7, 11) is 0. The molecule has 1 aromatic heterocycles. The van der Waals surface area contributed by atoms with Gasteiger partial charge in [0.05, 0.1) is 6.54 Å². The van der Waals surface area contributed by atoms with Crippen molar-refractivity contribution in [2.24, 2.45) is 0 Å². The summed E-state index contributed by atoms with van der Waals surface area (Å²) in [6.45, 7) is 8.54. The standard InChI is InChI=1S/C16H22N2/c1-4-18-11-7-8-14(18)12-17-16-10-6-5-9-15(16)13(2)3/h5-11,13,17H,4,12H2,1-3H3. The average molecular weight is 242 g/mol. The highest BCUT2D eigenvalue weighted by atomic mass is 15.0. The number of hydrogen-bond donors (Lipinski definition) is 1. The van der Waals surface area contributed by atoms with E-state index in [1.54, 1.807) is 0 Å². The lowest BCUT2D eigenvalue weighted by Crippen LogP contribution is -2.07. The number of anilines is 1. The van der Waals surface area contributed by atoms with E-state index in [9.17, 15) is 0 Å². The van der Waals surface area contributed by atoms with Crippen molar-refractivity contribution in [2.75, 3.05) is 5.32 Å². The topological polar surface area (TPSA) is 17.0 Å². The van der Waals surface area contributed by atoms with Gasteiger partial charge in [-0.15, -0.1) is 0 Å². The minimum Gasteiger partial charge on any atom is -0.379 e. The first-order chi connectivity index (χ1) is 8.72. The summed E-state index contributed by atoms with van der Waals surface area (Å²) in [5.41, 5.74) is 3.96. The van der Waals surface area contributed by atoms with Gasteiger partial charge in [-0.1, -0.05) is 32.0 Å². The molecule has 1 N–H and O–H groups in total. The van der Waals surface area contributed by atoms with Gasteiger partial charge >= 0.3 is 0 Å². The summed E-state index contributed by atoms with van der Waals surface area (Å²) >= 11 is 0. The van der Waals surface area contributed by atoms with E-state index >= 15 is 0 Å².